The maximum absolute atomic E-state index is 12.2. The third kappa shape index (κ3) is 6.17. The Bertz CT molecular complexity index is 512. The number of unbranched alkanes of at least 4 members (excludes halogenated alkanes) is 1. The van der Waals surface area contributed by atoms with E-state index in [4.69, 9.17) is 4.74 Å². The van der Waals surface area contributed by atoms with Gasteiger partial charge in [-0.2, -0.15) is 0 Å². The van der Waals surface area contributed by atoms with E-state index in [1.807, 2.05) is 18.5 Å². The van der Waals surface area contributed by atoms with Crippen LogP contribution in [0.2, 0.25) is 0 Å². The fourth-order valence-electron chi connectivity index (χ4n) is 1.83. The van der Waals surface area contributed by atoms with Gasteiger partial charge < -0.3 is 14.6 Å². The zero-order valence-corrected chi connectivity index (χ0v) is 14.0. The van der Waals surface area contributed by atoms with Gasteiger partial charge in [0.2, 0.25) is 10.0 Å². The van der Waals surface area contributed by atoms with Gasteiger partial charge in [0.05, 0.1) is 11.5 Å². The number of nitrogens with zero attached hydrogens (tertiary/aromatic N) is 1. The standard InChI is InChI=1S/C14H27N3O3S/c1-4-6-8-20-9-7-16-21(18,19)14-10-13(11-15-5-2)17(3)12-14/h10,12,15-16H,4-9,11H2,1-3H3. The van der Waals surface area contributed by atoms with Crippen molar-refractivity contribution in [3.8, 4) is 0 Å². The van der Waals surface area contributed by atoms with Crippen LogP contribution in [0.1, 0.15) is 32.4 Å². The van der Waals surface area contributed by atoms with Gasteiger partial charge in [-0.05, 0) is 19.0 Å². The average Bonchev–Trinajstić information content (AvgIpc) is 2.82. The number of nitrogens with one attached hydrogen (secondary N) is 2. The van der Waals surface area contributed by atoms with E-state index in [2.05, 4.69) is 17.0 Å². The van der Waals surface area contributed by atoms with Gasteiger partial charge in [-0.25, -0.2) is 13.1 Å². The Labute approximate surface area is 127 Å². The number of aryl methyl sites for hydroxylation is 1. The molecule has 1 rings (SSSR count). The summed E-state index contributed by atoms with van der Waals surface area (Å²) in [6, 6.07) is 1.70. The van der Waals surface area contributed by atoms with Crippen molar-refractivity contribution in [1.82, 2.24) is 14.6 Å². The maximum Gasteiger partial charge on any atom is 0.242 e. The molecule has 7 heteroatoms. The minimum atomic E-state index is -3.46. The molecule has 0 aliphatic heterocycles. The molecule has 0 amide bonds. The molecule has 0 radical (unpaired) electrons. The third-order valence-corrected chi connectivity index (χ3v) is 4.56. The normalized spacial score (nSPS) is 12.0. The molecule has 2 N–H and O–H groups in total. The molecule has 1 aromatic rings. The molecule has 6 nitrogen and oxygen atoms in total. The van der Waals surface area contributed by atoms with E-state index >= 15 is 0 Å². The topological polar surface area (TPSA) is 72.4 Å². The Balaban J connectivity index is 2.50. The van der Waals surface area contributed by atoms with Crippen LogP contribution >= 0.6 is 0 Å². The quantitative estimate of drug-likeness (QED) is 0.602. The number of hydrogen-bond donors (Lipinski definition) is 2. The van der Waals surface area contributed by atoms with Crippen molar-refractivity contribution < 1.29 is 13.2 Å². The van der Waals surface area contributed by atoms with E-state index in [1.165, 1.54) is 0 Å². The molecule has 0 spiro atoms. The third-order valence-electron chi connectivity index (χ3n) is 3.13. The molecule has 1 heterocycles. The van der Waals surface area contributed by atoms with E-state index in [-0.39, 0.29) is 0 Å². The molecule has 21 heavy (non-hydrogen) atoms. The first-order chi connectivity index (χ1) is 10.0. The lowest BCUT2D eigenvalue weighted by Gasteiger charge is -2.05. The molecule has 0 aliphatic rings. The van der Waals surface area contributed by atoms with Gasteiger partial charge in [-0.15, -0.1) is 0 Å². The predicted molar refractivity (Wildman–Crippen MR) is 83.7 cm³/mol. The summed E-state index contributed by atoms with van der Waals surface area (Å²) in [6.45, 7) is 6.98. The maximum atomic E-state index is 12.2. The largest absolute Gasteiger partial charge is 0.380 e. The van der Waals surface area contributed by atoms with Crippen LogP contribution in [0.25, 0.3) is 0 Å². The van der Waals surface area contributed by atoms with Gasteiger partial charge in [0.25, 0.3) is 0 Å². The Morgan fingerprint density at radius 3 is 2.71 bits per heavy atom. The summed E-state index contributed by atoms with van der Waals surface area (Å²) in [7, 11) is -1.61. The van der Waals surface area contributed by atoms with Crippen LogP contribution in [-0.2, 0) is 28.4 Å². The summed E-state index contributed by atoms with van der Waals surface area (Å²) in [4.78, 5) is 0.298. The first kappa shape index (κ1) is 18.2. The van der Waals surface area contributed by atoms with Crippen LogP contribution < -0.4 is 10.0 Å². The number of ether oxygens (including phenoxy) is 1. The second-order valence-corrected chi connectivity index (χ2v) is 6.69. The predicted octanol–water partition coefficient (Wildman–Crippen LogP) is 1.23. The van der Waals surface area contributed by atoms with Crippen LogP contribution in [0.5, 0.6) is 0 Å². The van der Waals surface area contributed by atoms with E-state index in [0.717, 1.165) is 25.1 Å². The lowest BCUT2D eigenvalue weighted by Crippen LogP contribution is -2.27. The van der Waals surface area contributed by atoms with Crippen LogP contribution in [0.3, 0.4) is 0 Å². The summed E-state index contributed by atoms with van der Waals surface area (Å²) in [5, 5.41) is 3.19. The molecule has 0 fully saturated rings. The highest BCUT2D eigenvalue weighted by Gasteiger charge is 2.16. The van der Waals surface area contributed by atoms with Crippen molar-refractivity contribution >= 4 is 10.0 Å². The van der Waals surface area contributed by atoms with Crippen molar-refractivity contribution in [3.05, 3.63) is 18.0 Å². The van der Waals surface area contributed by atoms with Crippen molar-refractivity contribution in [3.63, 3.8) is 0 Å². The smallest absolute Gasteiger partial charge is 0.242 e. The summed E-state index contributed by atoms with van der Waals surface area (Å²) in [6.07, 6.45) is 3.70. The zero-order chi connectivity index (χ0) is 15.7. The van der Waals surface area contributed by atoms with Gasteiger partial charge in [-0.1, -0.05) is 20.3 Å². The van der Waals surface area contributed by atoms with Gasteiger partial charge in [0.1, 0.15) is 0 Å². The second kappa shape index (κ2) is 9.19. The Morgan fingerprint density at radius 1 is 1.29 bits per heavy atom. The zero-order valence-electron chi connectivity index (χ0n) is 13.2. The van der Waals surface area contributed by atoms with Gasteiger partial charge in [-0.3, -0.25) is 0 Å². The SMILES string of the molecule is CCCCOCCNS(=O)(=O)c1cc(CNCC)n(C)c1. The Hall–Kier alpha value is -0.890. The molecule has 0 aromatic carbocycles. The molecule has 0 bridgehead atoms. The van der Waals surface area contributed by atoms with E-state index in [1.54, 1.807) is 12.3 Å². The Kier molecular flexibility index (Phi) is 7.95. The monoisotopic (exact) mass is 317 g/mol. The minimum absolute atomic E-state index is 0.295. The highest BCUT2D eigenvalue weighted by Crippen LogP contribution is 2.13. The highest BCUT2D eigenvalue weighted by atomic mass is 32.2. The van der Waals surface area contributed by atoms with Gasteiger partial charge >= 0.3 is 0 Å². The Morgan fingerprint density at radius 2 is 2.05 bits per heavy atom. The van der Waals surface area contributed by atoms with Crippen molar-refractivity contribution in [2.24, 2.45) is 7.05 Å². The summed E-state index contributed by atoms with van der Waals surface area (Å²) < 4.78 is 34.1. The minimum Gasteiger partial charge on any atom is -0.380 e. The van der Waals surface area contributed by atoms with Crippen LogP contribution in [0.15, 0.2) is 17.2 Å². The molecule has 1 aromatic heterocycles. The van der Waals surface area contributed by atoms with E-state index < -0.39 is 10.0 Å². The highest BCUT2D eigenvalue weighted by molar-refractivity contribution is 7.89. The number of aromatic nitrogens is 1. The number of rotatable bonds is 11. The number of sulfonamides is 1. The number of hydrogen-bond acceptors (Lipinski definition) is 4. The fraction of sp³-hybridized carbons (Fsp3) is 0.714. The molecular weight excluding hydrogens is 290 g/mol. The van der Waals surface area contributed by atoms with Gasteiger partial charge in [0.15, 0.2) is 0 Å². The van der Waals surface area contributed by atoms with Crippen LogP contribution in [-0.4, -0.2) is 39.3 Å². The molecule has 0 atom stereocenters. The first-order valence-electron chi connectivity index (χ1n) is 7.44. The lowest BCUT2D eigenvalue weighted by atomic mass is 10.4. The van der Waals surface area contributed by atoms with E-state index in [0.29, 0.717) is 31.2 Å². The average molecular weight is 317 g/mol. The van der Waals surface area contributed by atoms with E-state index in [9.17, 15) is 8.42 Å². The van der Waals surface area contributed by atoms with Crippen molar-refractivity contribution in [2.45, 2.75) is 38.1 Å². The van der Waals surface area contributed by atoms with Crippen LogP contribution in [0, 0.1) is 0 Å². The first-order valence-corrected chi connectivity index (χ1v) is 8.93. The second-order valence-electron chi connectivity index (χ2n) is 4.92. The lowest BCUT2D eigenvalue weighted by molar-refractivity contribution is 0.136. The molecule has 0 saturated carbocycles. The fourth-order valence-corrected chi connectivity index (χ4v) is 2.94. The summed E-state index contributed by atoms with van der Waals surface area (Å²) in [5.74, 6) is 0. The van der Waals surface area contributed by atoms with Gasteiger partial charge in [0, 0.05) is 38.6 Å². The molecule has 0 saturated heterocycles. The molecule has 0 aliphatic carbocycles. The molecule has 0 unspecified atom stereocenters. The molecular formula is C14H27N3O3S. The summed E-state index contributed by atoms with van der Waals surface area (Å²) >= 11 is 0. The summed E-state index contributed by atoms with van der Waals surface area (Å²) in [5.41, 5.74) is 0.941. The van der Waals surface area contributed by atoms with Crippen molar-refractivity contribution in [1.29, 1.82) is 0 Å². The van der Waals surface area contributed by atoms with Crippen molar-refractivity contribution in [2.75, 3.05) is 26.3 Å². The molecule has 122 valence electrons. The van der Waals surface area contributed by atoms with Crippen LogP contribution in [0.4, 0.5) is 0 Å².